The lowest BCUT2D eigenvalue weighted by Crippen LogP contribution is -2.53. The number of carbonyl (C=O) groups excluding carboxylic acids is 2. The number of carbonyl (C=O) groups is 2. The Morgan fingerprint density at radius 3 is 2.64 bits per heavy atom. The molecule has 6 nitrogen and oxygen atoms in total. The summed E-state index contributed by atoms with van der Waals surface area (Å²) in [6.45, 7) is 1.83. The van der Waals surface area contributed by atoms with Crippen LogP contribution in [-0.4, -0.2) is 33.8 Å². The van der Waals surface area contributed by atoms with Crippen molar-refractivity contribution < 1.29 is 23.1 Å². The van der Waals surface area contributed by atoms with Crippen LogP contribution in [0.15, 0.2) is 18.3 Å². The van der Waals surface area contributed by atoms with Crippen LogP contribution in [0.4, 0.5) is 8.78 Å². The van der Waals surface area contributed by atoms with Crippen molar-refractivity contribution in [1.29, 1.82) is 0 Å². The van der Waals surface area contributed by atoms with Gasteiger partial charge in [-0.2, -0.15) is 5.10 Å². The number of aromatic nitrogens is 2. The van der Waals surface area contributed by atoms with Crippen molar-refractivity contribution in [2.75, 3.05) is 6.61 Å². The van der Waals surface area contributed by atoms with E-state index in [2.05, 4.69) is 10.4 Å². The summed E-state index contributed by atoms with van der Waals surface area (Å²) >= 11 is 0. The second-order valence-corrected chi connectivity index (χ2v) is 5.04. The van der Waals surface area contributed by atoms with Gasteiger partial charge in [0, 0.05) is 13.2 Å². The highest BCUT2D eigenvalue weighted by molar-refractivity contribution is 5.99. The highest BCUT2D eigenvalue weighted by Crippen LogP contribution is 2.27. The Labute approximate surface area is 126 Å². The Morgan fingerprint density at radius 2 is 2.09 bits per heavy atom. The summed E-state index contributed by atoms with van der Waals surface area (Å²) in [5.41, 5.74) is -2.08. The number of halogens is 2. The smallest absolute Gasteiger partial charge is 0.332 e. The third kappa shape index (κ3) is 3.00. The third-order valence-corrected chi connectivity index (χ3v) is 3.43. The molecule has 0 fully saturated rings. The Morgan fingerprint density at radius 1 is 1.45 bits per heavy atom. The van der Waals surface area contributed by atoms with Gasteiger partial charge >= 0.3 is 5.97 Å². The van der Waals surface area contributed by atoms with Crippen LogP contribution in [0.2, 0.25) is 0 Å². The normalized spacial score (nSPS) is 16.0. The molecule has 1 aromatic heterocycles. The minimum atomic E-state index is -2.87. The van der Waals surface area contributed by atoms with Gasteiger partial charge < -0.3 is 10.1 Å². The highest BCUT2D eigenvalue weighted by Gasteiger charge is 2.42. The zero-order valence-corrected chi connectivity index (χ0v) is 12.3. The molecule has 1 aliphatic rings. The fraction of sp³-hybridized carbons (Fsp3) is 0.500. The average Bonchev–Trinajstić information content (AvgIpc) is 3.06. The molecular formula is C14H17F2N3O3. The topological polar surface area (TPSA) is 73.2 Å². The number of hydrogen-bond acceptors (Lipinski definition) is 4. The van der Waals surface area contributed by atoms with Crippen LogP contribution in [0, 0.1) is 0 Å². The van der Waals surface area contributed by atoms with Gasteiger partial charge in [-0.05, 0) is 19.8 Å². The molecule has 8 heteroatoms. The summed E-state index contributed by atoms with van der Waals surface area (Å²) in [6, 6.07) is 0. The molecule has 1 aliphatic carbocycles. The second-order valence-electron chi connectivity index (χ2n) is 5.04. The van der Waals surface area contributed by atoms with Crippen LogP contribution < -0.4 is 5.32 Å². The molecule has 0 atom stereocenters. The van der Waals surface area contributed by atoms with Crippen LogP contribution in [0.25, 0.3) is 0 Å². The van der Waals surface area contributed by atoms with Gasteiger partial charge in [0.1, 0.15) is 11.2 Å². The standard InChI is InChI=1S/C14H17F2N3O3/c1-3-22-13(21)14(6-4-5-7-14)17-12(20)9-8-19(2)18-10(9)11(15)16/h4-5,8,11H,3,6-7H2,1-2H3,(H,17,20). The molecule has 0 unspecified atom stereocenters. The number of nitrogens with zero attached hydrogens (tertiary/aromatic N) is 2. The first-order valence-corrected chi connectivity index (χ1v) is 6.86. The first kappa shape index (κ1) is 16.1. The van der Waals surface area contributed by atoms with Gasteiger partial charge in [0.15, 0.2) is 0 Å². The third-order valence-electron chi connectivity index (χ3n) is 3.43. The van der Waals surface area contributed by atoms with E-state index in [4.69, 9.17) is 4.74 Å². The van der Waals surface area contributed by atoms with E-state index in [9.17, 15) is 18.4 Å². The molecule has 0 saturated heterocycles. The van der Waals surface area contributed by atoms with Crippen molar-refractivity contribution in [1.82, 2.24) is 15.1 Å². The largest absolute Gasteiger partial charge is 0.464 e. The molecule has 22 heavy (non-hydrogen) atoms. The van der Waals surface area contributed by atoms with Gasteiger partial charge in [-0.1, -0.05) is 12.2 Å². The number of ether oxygens (including phenoxy) is 1. The van der Waals surface area contributed by atoms with Crippen LogP contribution in [0.5, 0.6) is 0 Å². The molecule has 1 amide bonds. The Hall–Kier alpha value is -2.25. The zero-order chi connectivity index (χ0) is 16.3. The van der Waals surface area contributed by atoms with Gasteiger partial charge in [-0.15, -0.1) is 0 Å². The molecule has 1 heterocycles. The van der Waals surface area contributed by atoms with E-state index in [1.165, 1.54) is 13.2 Å². The maximum absolute atomic E-state index is 12.9. The number of aryl methyl sites for hydroxylation is 1. The van der Waals surface area contributed by atoms with E-state index in [0.717, 1.165) is 4.68 Å². The predicted molar refractivity (Wildman–Crippen MR) is 73.4 cm³/mol. The molecule has 0 bridgehead atoms. The second kappa shape index (κ2) is 6.25. The van der Waals surface area contributed by atoms with Crippen LogP contribution in [-0.2, 0) is 16.6 Å². The quantitative estimate of drug-likeness (QED) is 0.664. The maximum Gasteiger partial charge on any atom is 0.332 e. The number of nitrogens with one attached hydrogen (secondary N) is 1. The van der Waals surface area contributed by atoms with E-state index in [-0.39, 0.29) is 25.0 Å². The first-order valence-electron chi connectivity index (χ1n) is 6.86. The Bertz CT molecular complexity index is 602. The van der Waals surface area contributed by atoms with Crippen molar-refractivity contribution in [3.8, 4) is 0 Å². The molecule has 0 aromatic carbocycles. The summed E-state index contributed by atoms with van der Waals surface area (Å²) in [4.78, 5) is 24.4. The van der Waals surface area contributed by atoms with E-state index in [0.29, 0.717) is 0 Å². The number of alkyl halides is 2. The van der Waals surface area contributed by atoms with E-state index in [1.807, 2.05) is 0 Å². The number of rotatable bonds is 5. The van der Waals surface area contributed by atoms with Gasteiger partial charge in [-0.3, -0.25) is 9.48 Å². The Kier molecular flexibility index (Phi) is 4.58. The fourth-order valence-electron chi connectivity index (χ4n) is 2.37. The summed E-state index contributed by atoms with van der Waals surface area (Å²) in [5, 5.41) is 6.12. The van der Waals surface area contributed by atoms with Crippen molar-refractivity contribution in [3.63, 3.8) is 0 Å². The molecular weight excluding hydrogens is 296 g/mol. The van der Waals surface area contributed by atoms with Crippen molar-refractivity contribution >= 4 is 11.9 Å². The Balaban J connectivity index is 2.24. The summed E-state index contributed by atoms with van der Waals surface area (Å²) in [5.74, 6) is -1.34. The van der Waals surface area contributed by atoms with E-state index in [1.54, 1.807) is 19.1 Å². The molecule has 120 valence electrons. The maximum atomic E-state index is 12.9. The predicted octanol–water partition coefficient (Wildman–Crippen LogP) is 1.74. The van der Waals surface area contributed by atoms with Crippen LogP contribution >= 0.6 is 0 Å². The van der Waals surface area contributed by atoms with Crippen molar-refractivity contribution in [2.24, 2.45) is 7.05 Å². The molecule has 0 saturated carbocycles. The minimum Gasteiger partial charge on any atom is -0.464 e. The lowest BCUT2D eigenvalue weighted by atomic mass is 9.96. The van der Waals surface area contributed by atoms with Crippen LogP contribution in [0.3, 0.4) is 0 Å². The first-order chi connectivity index (χ1) is 10.4. The molecule has 0 radical (unpaired) electrons. The van der Waals surface area contributed by atoms with Gasteiger partial charge in [0.25, 0.3) is 12.3 Å². The van der Waals surface area contributed by atoms with Crippen molar-refractivity contribution in [3.05, 3.63) is 29.6 Å². The number of amides is 1. The number of hydrogen-bond donors (Lipinski definition) is 1. The highest BCUT2D eigenvalue weighted by atomic mass is 19.3. The van der Waals surface area contributed by atoms with Crippen molar-refractivity contribution in [2.45, 2.75) is 31.7 Å². The molecule has 0 aliphatic heterocycles. The molecule has 1 aromatic rings. The molecule has 0 spiro atoms. The molecule has 2 rings (SSSR count). The SMILES string of the molecule is CCOC(=O)C1(NC(=O)c2cn(C)nc2C(F)F)CC=CC1. The van der Waals surface area contributed by atoms with E-state index < -0.39 is 29.5 Å². The lowest BCUT2D eigenvalue weighted by Gasteiger charge is -2.27. The fourth-order valence-corrected chi connectivity index (χ4v) is 2.37. The summed E-state index contributed by atoms with van der Waals surface area (Å²) in [7, 11) is 1.45. The summed E-state index contributed by atoms with van der Waals surface area (Å²) in [6.07, 6.45) is 2.35. The van der Waals surface area contributed by atoms with Gasteiger partial charge in [0.05, 0.1) is 12.2 Å². The molecule has 1 N–H and O–H groups in total. The minimum absolute atomic E-state index is 0.172. The monoisotopic (exact) mass is 313 g/mol. The zero-order valence-electron chi connectivity index (χ0n) is 12.3. The van der Waals surface area contributed by atoms with E-state index >= 15 is 0 Å². The lowest BCUT2D eigenvalue weighted by molar-refractivity contribution is -0.150. The van der Waals surface area contributed by atoms with Gasteiger partial charge in [-0.25, -0.2) is 13.6 Å². The van der Waals surface area contributed by atoms with Gasteiger partial charge in [0.2, 0.25) is 0 Å². The summed E-state index contributed by atoms with van der Waals surface area (Å²) < 4.78 is 32.0. The average molecular weight is 313 g/mol. The number of esters is 1. The van der Waals surface area contributed by atoms with Crippen LogP contribution in [0.1, 0.15) is 42.2 Å².